The molecule has 0 aliphatic heterocycles. The van der Waals surface area contributed by atoms with Gasteiger partial charge in [-0.25, -0.2) is 0 Å². The van der Waals surface area contributed by atoms with E-state index in [1.807, 2.05) is 13.8 Å². The van der Waals surface area contributed by atoms with E-state index in [-0.39, 0.29) is 5.54 Å². The molecule has 18 heavy (non-hydrogen) atoms. The standard InChI is InChI=1S/C15H22BrNO/c1-15(2,17)9-11-8-10-6-4-3-5-7-12(10)13(16)14(11)18/h8,18H,3-7,9,17H2,1-2H3. The number of rotatable bonds is 2. The highest BCUT2D eigenvalue weighted by molar-refractivity contribution is 9.10. The van der Waals surface area contributed by atoms with Crippen molar-refractivity contribution in [3.05, 3.63) is 27.2 Å². The lowest BCUT2D eigenvalue weighted by Crippen LogP contribution is -2.34. The van der Waals surface area contributed by atoms with Crippen LogP contribution in [0.25, 0.3) is 0 Å². The Balaban J connectivity index is 2.44. The van der Waals surface area contributed by atoms with Crippen molar-refractivity contribution in [3.63, 3.8) is 0 Å². The second kappa shape index (κ2) is 5.22. The van der Waals surface area contributed by atoms with Crippen molar-refractivity contribution < 1.29 is 5.11 Å². The van der Waals surface area contributed by atoms with Crippen LogP contribution >= 0.6 is 15.9 Å². The number of phenolic OH excluding ortho intramolecular Hbond substituents is 1. The molecule has 0 radical (unpaired) electrons. The second-order valence-electron chi connectivity index (χ2n) is 6.06. The van der Waals surface area contributed by atoms with Crippen LogP contribution in [0, 0.1) is 0 Å². The minimum atomic E-state index is -0.296. The predicted molar refractivity (Wildman–Crippen MR) is 79.0 cm³/mol. The fourth-order valence-corrected chi connectivity index (χ4v) is 3.41. The minimum Gasteiger partial charge on any atom is -0.506 e. The first-order valence-corrected chi connectivity index (χ1v) is 7.49. The first kappa shape index (κ1) is 13.9. The molecule has 0 saturated carbocycles. The van der Waals surface area contributed by atoms with Crippen LogP contribution in [-0.4, -0.2) is 10.6 Å². The monoisotopic (exact) mass is 311 g/mol. The van der Waals surface area contributed by atoms with Crippen LogP contribution in [0.5, 0.6) is 5.75 Å². The molecule has 1 aromatic carbocycles. The third kappa shape index (κ3) is 3.07. The number of aromatic hydroxyl groups is 1. The van der Waals surface area contributed by atoms with Gasteiger partial charge in [-0.15, -0.1) is 0 Å². The molecule has 0 amide bonds. The van der Waals surface area contributed by atoms with E-state index in [2.05, 4.69) is 22.0 Å². The quantitative estimate of drug-likeness (QED) is 0.818. The summed E-state index contributed by atoms with van der Waals surface area (Å²) < 4.78 is 0.890. The average molecular weight is 312 g/mol. The molecule has 1 aliphatic carbocycles. The number of aryl methyl sites for hydroxylation is 1. The van der Waals surface area contributed by atoms with Crippen LogP contribution < -0.4 is 5.73 Å². The predicted octanol–water partition coefficient (Wildman–Crippen LogP) is 3.70. The molecule has 0 atom stereocenters. The van der Waals surface area contributed by atoms with Crippen LogP contribution in [0.1, 0.15) is 49.8 Å². The van der Waals surface area contributed by atoms with Gasteiger partial charge in [-0.3, -0.25) is 0 Å². The van der Waals surface area contributed by atoms with Crippen molar-refractivity contribution in [1.29, 1.82) is 0 Å². The molecule has 2 rings (SSSR count). The molecule has 3 heteroatoms. The summed E-state index contributed by atoms with van der Waals surface area (Å²) in [6, 6.07) is 2.16. The van der Waals surface area contributed by atoms with Gasteiger partial charge in [0.05, 0.1) is 4.47 Å². The molecule has 0 heterocycles. The lowest BCUT2D eigenvalue weighted by Gasteiger charge is -2.21. The maximum atomic E-state index is 10.3. The molecule has 1 aromatic rings. The number of benzene rings is 1. The number of hydrogen-bond donors (Lipinski definition) is 2. The van der Waals surface area contributed by atoms with E-state index in [0.29, 0.717) is 12.2 Å². The molecule has 2 nitrogen and oxygen atoms in total. The van der Waals surface area contributed by atoms with Crippen molar-refractivity contribution in [2.75, 3.05) is 0 Å². The smallest absolute Gasteiger partial charge is 0.133 e. The number of fused-ring (bicyclic) bond motifs is 1. The maximum absolute atomic E-state index is 10.3. The van der Waals surface area contributed by atoms with E-state index in [1.165, 1.54) is 30.4 Å². The van der Waals surface area contributed by atoms with Gasteiger partial charge >= 0.3 is 0 Å². The molecular weight excluding hydrogens is 290 g/mol. The Kier molecular flexibility index (Phi) is 4.02. The van der Waals surface area contributed by atoms with Crippen LogP contribution in [0.2, 0.25) is 0 Å². The summed E-state index contributed by atoms with van der Waals surface area (Å²) in [6.45, 7) is 3.98. The molecule has 0 spiro atoms. The zero-order chi connectivity index (χ0) is 13.3. The Morgan fingerprint density at radius 3 is 2.61 bits per heavy atom. The van der Waals surface area contributed by atoms with E-state index in [1.54, 1.807) is 0 Å². The van der Waals surface area contributed by atoms with E-state index in [4.69, 9.17) is 5.73 Å². The summed E-state index contributed by atoms with van der Waals surface area (Å²) in [5, 5.41) is 10.3. The Morgan fingerprint density at radius 1 is 1.28 bits per heavy atom. The lowest BCUT2D eigenvalue weighted by molar-refractivity contribution is 0.446. The minimum absolute atomic E-state index is 0.296. The van der Waals surface area contributed by atoms with Crippen molar-refractivity contribution >= 4 is 15.9 Å². The van der Waals surface area contributed by atoms with E-state index >= 15 is 0 Å². The van der Waals surface area contributed by atoms with Gasteiger partial charge in [0.15, 0.2) is 0 Å². The van der Waals surface area contributed by atoms with Crippen LogP contribution in [-0.2, 0) is 19.3 Å². The largest absolute Gasteiger partial charge is 0.506 e. The fraction of sp³-hybridized carbons (Fsp3) is 0.600. The van der Waals surface area contributed by atoms with Gasteiger partial charge in [0.1, 0.15) is 5.75 Å². The second-order valence-corrected chi connectivity index (χ2v) is 6.85. The number of hydrogen-bond acceptors (Lipinski definition) is 2. The van der Waals surface area contributed by atoms with Crippen LogP contribution in [0.4, 0.5) is 0 Å². The number of nitrogens with two attached hydrogens (primary N) is 1. The molecule has 3 N–H and O–H groups in total. The van der Waals surface area contributed by atoms with Crippen molar-refractivity contribution in [2.45, 2.75) is 57.9 Å². The number of halogens is 1. The molecule has 100 valence electrons. The first-order chi connectivity index (χ1) is 8.38. The van der Waals surface area contributed by atoms with Gasteiger partial charge in [-0.2, -0.15) is 0 Å². The van der Waals surface area contributed by atoms with Gasteiger partial charge in [0.25, 0.3) is 0 Å². The summed E-state index contributed by atoms with van der Waals surface area (Å²) in [6.07, 6.45) is 6.62. The summed E-state index contributed by atoms with van der Waals surface area (Å²) in [5.74, 6) is 0.383. The van der Waals surface area contributed by atoms with Gasteiger partial charge in [0, 0.05) is 5.54 Å². The molecule has 0 saturated heterocycles. The summed E-state index contributed by atoms with van der Waals surface area (Å²) >= 11 is 3.57. The van der Waals surface area contributed by atoms with Gasteiger partial charge in [0.2, 0.25) is 0 Å². The average Bonchev–Trinajstić information content (AvgIpc) is 2.49. The summed E-state index contributed by atoms with van der Waals surface area (Å²) in [5.41, 5.74) is 9.42. The lowest BCUT2D eigenvalue weighted by atomic mass is 9.91. The van der Waals surface area contributed by atoms with Gasteiger partial charge in [-0.05, 0) is 78.6 Å². The first-order valence-electron chi connectivity index (χ1n) is 6.69. The zero-order valence-electron chi connectivity index (χ0n) is 11.2. The topological polar surface area (TPSA) is 46.2 Å². The third-order valence-corrected chi connectivity index (χ3v) is 4.39. The van der Waals surface area contributed by atoms with Crippen LogP contribution in [0.3, 0.4) is 0 Å². The molecule has 0 bridgehead atoms. The van der Waals surface area contributed by atoms with E-state index in [0.717, 1.165) is 22.9 Å². The SMILES string of the molecule is CC(C)(N)Cc1cc2c(c(Br)c1O)CCCCC2. The Hall–Kier alpha value is -0.540. The van der Waals surface area contributed by atoms with Crippen molar-refractivity contribution in [1.82, 2.24) is 0 Å². The highest BCUT2D eigenvalue weighted by Crippen LogP contribution is 2.38. The zero-order valence-corrected chi connectivity index (χ0v) is 12.8. The summed E-state index contributed by atoms with van der Waals surface area (Å²) in [7, 11) is 0. The normalized spacial score (nSPS) is 16.2. The van der Waals surface area contributed by atoms with Gasteiger partial charge < -0.3 is 10.8 Å². The third-order valence-electron chi connectivity index (χ3n) is 3.53. The van der Waals surface area contributed by atoms with Crippen LogP contribution in [0.15, 0.2) is 10.5 Å². The molecular formula is C15H22BrNO. The Labute approximate surface area is 118 Å². The van der Waals surface area contributed by atoms with E-state index in [9.17, 15) is 5.11 Å². The highest BCUT2D eigenvalue weighted by Gasteiger charge is 2.21. The highest BCUT2D eigenvalue weighted by atomic mass is 79.9. The van der Waals surface area contributed by atoms with Crippen molar-refractivity contribution in [3.8, 4) is 5.75 Å². The Morgan fingerprint density at radius 2 is 1.94 bits per heavy atom. The molecule has 0 fully saturated rings. The molecule has 1 aliphatic rings. The maximum Gasteiger partial charge on any atom is 0.133 e. The number of phenols is 1. The summed E-state index contributed by atoms with van der Waals surface area (Å²) in [4.78, 5) is 0. The fourth-order valence-electron chi connectivity index (χ4n) is 2.70. The molecule has 0 aromatic heterocycles. The van der Waals surface area contributed by atoms with Gasteiger partial charge in [-0.1, -0.05) is 12.5 Å². The Bertz CT molecular complexity index is 449. The van der Waals surface area contributed by atoms with E-state index < -0.39 is 0 Å². The molecule has 0 unspecified atom stereocenters. The van der Waals surface area contributed by atoms with Crippen molar-refractivity contribution in [2.24, 2.45) is 5.73 Å².